The van der Waals surface area contributed by atoms with E-state index in [1.54, 1.807) is 0 Å². The van der Waals surface area contributed by atoms with Crippen LogP contribution in [0.5, 0.6) is 0 Å². The molecule has 2 unspecified atom stereocenters. The zero-order valence-corrected chi connectivity index (χ0v) is 12.0. The van der Waals surface area contributed by atoms with Crippen LogP contribution < -0.4 is 0 Å². The van der Waals surface area contributed by atoms with Crippen molar-refractivity contribution in [3.05, 3.63) is 0 Å². The molecule has 2 aliphatic heterocycles. The van der Waals surface area contributed by atoms with Crippen molar-refractivity contribution in [1.29, 1.82) is 0 Å². The van der Waals surface area contributed by atoms with E-state index in [1.807, 2.05) is 0 Å². The maximum Gasteiger partial charge on any atom is 0.0223 e. The van der Waals surface area contributed by atoms with E-state index in [9.17, 15) is 0 Å². The van der Waals surface area contributed by atoms with Gasteiger partial charge in [0.1, 0.15) is 0 Å². The van der Waals surface area contributed by atoms with Crippen molar-refractivity contribution in [2.75, 3.05) is 33.2 Å². The van der Waals surface area contributed by atoms with Crippen molar-refractivity contribution >= 4 is 0 Å². The first-order valence-electron chi connectivity index (χ1n) is 7.59. The Labute approximate surface area is 107 Å². The van der Waals surface area contributed by atoms with Crippen LogP contribution in [0, 0.1) is 11.8 Å². The minimum absolute atomic E-state index is 0.847. The molecular weight excluding hydrogens is 208 g/mol. The van der Waals surface area contributed by atoms with Crippen LogP contribution in [0.25, 0.3) is 0 Å². The molecule has 2 nitrogen and oxygen atoms in total. The van der Waals surface area contributed by atoms with Gasteiger partial charge in [-0.05, 0) is 38.3 Å². The first kappa shape index (κ1) is 13.4. The first-order valence-corrected chi connectivity index (χ1v) is 7.59. The minimum atomic E-state index is 0.847. The number of hydrogen-bond donors (Lipinski definition) is 0. The lowest BCUT2D eigenvalue weighted by atomic mass is 9.88. The zero-order valence-electron chi connectivity index (χ0n) is 12.0. The maximum absolute atomic E-state index is 2.78. The molecule has 0 amide bonds. The van der Waals surface area contributed by atoms with Gasteiger partial charge in [0.2, 0.25) is 0 Å². The molecular formula is C15H30N2. The molecule has 2 fully saturated rings. The molecule has 2 heterocycles. The lowest BCUT2D eigenvalue weighted by Gasteiger charge is -2.40. The van der Waals surface area contributed by atoms with Gasteiger partial charge >= 0.3 is 0 Å². The molecule has 2 heteroatoms. The third-order valence-electron chi connectivity index (χ3n) is 4.90. The molecule has 0 aromatic carbocycles. The highest BCUT2D eigenvalue weighted by Gasteiger charge is 2.27. The Kier molecular flexibility index (Phi) is 4.87. The average Bonchev–Trinajstić information content (AvgIpc) is 2.38. The van der Waals surface area contributed by atoms with Crippen molar-refractivity contribution < 1.29 is 0 Å². The Morgan fingerprint density at radius 1 is 0.941 bits per heavy atom. The molecule has 2 rings (SSSR count). The van der Waals surface area contributed by atoms with Gasteiger partial charge in [-0.2, -0.15) is 0 Å². The second kappa shape index (κ2) is 6.19. The Morgan fingerprint density at radius 3 is 2.47 bits per heavy atom. The standard InChI is InChI=1S/C15H30N2/c1-13(2)14-6-4-5-7-15-12-16(3)10-11-17(15)9-8-14/h13-15H,4-12H2,1-3H3. The Balaban J connectivity index is 1.93. The van der Waals surface area contributed by atoms with Gasteiger partial charge in [0.05, 0.1) is 0 Å². The summed E-state index contributed by atoms with van der Waals surface area (Å²) in [7, 11) is 2.28. The van der Waals surface area contributed by atoms with Crippen molar-refractivity contribution in [3.63, 3.8) is 0 Å². The molecule has 0 radical (unpaired) electrons. The molecule has 0 aromatic heterocycles. The second-order valence-corrected chi connectivity index (χ2v) is 6.53. The van der Waals surface area contributed by atoms with E-state index in [0.29, 0.717) is 0 Å². The van der Waals surface area contributed by atoms with Crippen LogP contribution in [0.3, 0.4) is 0 Å². The fraction of sp³-hybridized carbons (Fsp3) is 1.00. The van der Waals surface area contributed by atoms with E-state index < -0.39 is 0 Å². The van der Waals surface area contributed by atoms with Gasteiger partial charge in [-0.25, -0.2) is 0 Å². The molecule has 0 bridgehead atoms. The summed E-state index contributed by atoms with van der Waals surface area (Å²) in [5.41, 5.74) is 0. The summed E-state index contributed by atoms with van der Waals surface area (Å²) in [5.74, 6) is 1.84. The highest BCUT2D eigenvalue weighted by Crippen LogP contribution is 2.27. The van der Waals surface area contributed by atoms with E-state index in [4.69, 9.17) is 0 Å². The molecule has 17 heavy (non-hydrogen) atoms. The van der Waals surface area contributed by atoms with Gasteiger partial charge in [0.25, 0.3) is 0 Å². The third-order valence-corrected chi connectivity index (χ3v) is 4.90. The summed E-state index contributed by atoms with van der Waals surface area (Å²) in [6.07, 6.45) is 7.22. The molecule has 0 spiro atoms. The molecule has 0 aliphatic carbocycles. The summed E-state index contributed by atoms with van der Waals surface area (Å²) in [5, 5.41) is 0. The van der Waals surface area contributed by atoms with Crippen LogP contribution in [0.2, 0.25) is 0 Å². The largest absolute Gasteiger partial charge is 0.304 e. The third kappa shape index (κ3) is 3.69. The fourth-order valence-electron chi connectivity index (χ4n) is 3.55. The minimum Gasteiger partial charge on any atom is -0.304 e. The molecule has 2 saturated heterocycles. The molecule has 0 aromatic rings. The van der Waals surface area contributed by atoms with Gasteiger partial charge in [-0.3, -0.25) is 4.90 Å². The lowest BCUT2D eigenvalue weighted by molar-refractivity contribution is 0.0801. The normalized spacial score (nSPS) is 33.9. The first-order chi connectivity index (χ1) is 8.16. The summed E-state index contributed by atoms with van der Waals surface area (Å²) in [6.45, 7) is 10.0. The lowest BCUT2D eigenvalue weighted by Crippen LogP contribution is -2.52. The summed E-state index contributed by atoms with van der Waals surface area (Å²) in [6, 6.07) is 0.847. The Bertz CT molecular complexity index is 227. The molecule has 100 valence electrons. The van der Waals surface area contributed by atoms with Gasteiger partial charge in [-0.15, -0.1) is 0 Å². The number of fused-ring (bicyclic) bond motifs is 1. The number of rotatable bonds is 1. The van der Waals surface area contributed by atoms with Gasteiger partial charge < -0.3 is 4.90 Å². The van der Waals surface area contributed by atoms with E-state index in [-0.39, 0.29) is 0 Å². The van der Waals surface area contributed by atoms with Crippen molar-refractivity contribution in [2.45, 2.75) is 52.0 Å². The van der Waals surface area contributed by atoms with E-state index in [0.717, 1.165) is 17.9 Å². The SMILES string of the molecule is CC(C)C1CCCCC2CN(C)CCN2CC1. The highest BCUT2D eigenvalue weighted by molar-refractivity contribution is 4.83. The molecule has 0 saturated carbocycles. The van der Waals surface area contributed by atoms with E-state index in [1.165, 1.54) is 58.3 Å². The summed E-state index contributed by atoms with van der Waals surface area (Å²) < 4.78 is 0. The Morgan fingerprint density at radius 2 is 1.71 bits per heavy atom. The smallest absolute Gasteiger partial charge is 0.0223 e. The number of likely N-dealkylation sites (N-methyl/N-ethyl adjacent to an activating group) is 1. The van der Waals surface area contributed by atoms with E-state index >= 15 is 0 Å². The average molecular weight is 238 g/mol. The zero-order chi connectivity index (χ0) is 12.3. The van der Waals surface area contributed by atoms with Crippen molar-refractivity contribution in [3.8, 4) is 0 Å². The second-order valence-electron chi connectivity index (χ2n) is 6.53. The number of nitrogens with zero attached hydrogens (tertiary/aromatic N) is 2. The predicted molar refractivity (Wildman–Crippen MR) is 74.3 cm³/mol. The maximum atomic E-state index is 2.78. The summed E-state index contributed by atoms with van der Waals surface area (Å²) in [4.78, 5) is 5.29. The number of piperazine rings is 1. The fourth-order valence-corrected chi connectivity index (χ4v) is 3.55. The van der Waals surface area contributed by atoms with Crippen LogP contribution >= 0.6 is 0 Å². The van der Waals surface area contributed by atoms with Crippen molar-refractivity contribution in [2.24, 2.45) is 11.8 Å². The van der Waals surface area contributed by atoms with Crippen LogP contribution in [-0.4, -0.2) is 49.1 Å². The summed E-state index contributed by atoms with van der Waals surface area (Å²) >= 11 is 0. The van der Waals surface area contributed by atoms with Crippen LogP contribution in [0.15, 0.2) is 0 Å². The predicted octanol–water partition coefficient (Wildman–Crippen LogP) is 2.84. The number of hydrogen-bond acceptors (Lipinski definition) is 2. The van der Waals surface area contributed by atoms with Crippen LogP contribution in [0.4, 0.5) is 0 Å². The van der Waals surface area contributed by atoms with Crippen molar-refractivity contribution in [1.82, 2.24) is 9.80 Å². The van der Waals surface area contributed by atoms with Gasteiger partial charge in [0, 0.05) is 25.7 Å². The molecule has 2 aliphatic rings. The van der Waals surface area contributed by atoms with Crippen LogP contribution in [0.1, 0.15) is 46.0 Å². The molecule has 2 atom stereocenters. The Hall–Kier alpha value is -0.0800. The topological polar surface area (TPSA) is 6.48 Å². The van der Waals surface area contributed by atoms with Gasteiger partial charge in [0.15, 0.2) is 0 Å². The van der Waals surface area contributed by atoms with Crippen LogP contribution in [-0.2, 0) is 0 Å². The monoisotopic (exact) mass is 238 g/mol. The quantitative estimate of drug-likeness (QED) is 0.693. The highest BCUT2D eigenvalue weighted by atomic mass is 15.3. The van der Waals surface area contributed by atoms with E-state index in [2.05, 4.69) is 30.7 Å². The molecule has 0 N–H and O–H groups in total. The van der Waals surface area contributed by atoms with Gasteiger partial charge in [-0.1, -0.05) is 33.1 Å².